The number of rotatable bonds is 2. The standard InChI is InChI=1S/C23H32O4/c1-13(24)18-7-8-19-17-6-5-15-11-16(27-14(2)25)9-10-22(15,3)21(17)20(26)12-23(18,19)4/h7,15-17,19,21H,5-6,8-12H2,1-4H3/t15-,16+,17+,19-,21-,22-,23+/m0/s1. The third-order valence-electron chi connectivity index (χ3n) is 8.60. The van der Waals surface area contributed by atoms with Gasteiger partial charge in [-0.25, -0.2) is 0 Å². The Kier molecular flexibility index (Phi) is 4.40. The third kappa shape index (κ3) is 2.74. The average molecular weight is 373 g/mol. The topological polar surface area (TPSA) is 60.4 Å². The highest BCUT2D eigenvalue weighted by Gasteiger charge is 2.62. The molecule has 3 fully saturated rings. The van der Waals surface area contributed by atoms with Gasteiger partial charge < -0.3 is 4.74 Å². The van der Waals surface area contributed by atoms with Gasteiger partial charge in [-0.2, -0.15) is 0 Å². The third-order valence-corrected chi connectivity index (χ3v) is 8.60. The number of hydrogen-bond donors (Lipinski definition) is 0. The summed E-state index contributed by atoms with van der Waals surface area (Å²) in [4.78, 5) is 37.0. The van der Waals surface area contributed by atoms with Crippen molar-refractivity contribution < 1.29 is 19.1 Å². The van der Waals surface area contributed by atoms with E-state index in [-0.39, 0.29) is 34.6 Å². The van der Waals surface area contributed by atoms with Crippen LogP contribution >= 0.6 is 0 Å². The van der Waals surface area contributed by atoms with Gasteiger partial charge in [0.1, 0.15) is 11.9 Å². The van der Waals surface area contributed by atoms with Crippen LogP contribution in [0.2, 0.25) is 0 Å². The Morgan fingerprint density at radius 1 is 1.15 bits per heavy atom. The largest absolute Gasteiger partial charge is 0.463 e. The van der Waals surface area contributed by atoms with Crippen LogP contribution in [-0.2, 0) is 19.1 Å². The van der Waals surface area contributed by atoms with Crippen molar-refractivity contribution >= 4 is 17.5 Å². The number of carbonyl (C=O) groups excluding carboxylic acids is 3. The highest BCUT2D eigenvalue weighted by Crippen LogP contribution is 2.65. The summed E-state index contributed by atoms with van der Waals surface area (Å²) in [6.07, 6.45) is 8.46. The first-order valence-corrected chi connectivity index (χ1v) is 10.6. The number of ketones is 2. The fourth-order valence-electron chi connectivity index (χ4n) is 7.50. The number of ether oxygens (including phenoxy) is 1. The predicted molar refractivity (Wildman–Crippen MR) is 102 cm³/mol. The summed E-state index contributed by atoms with van der Waals surface area (Å²) in [5, 5.41) is 0. The Hall–Kier alpha value is -1.45. The molecule has 148 valence electrons. The lowest BCUT2D eigenvalue weighted by atomic mass is 9.44. The van der Waals surface area contributed by atoms with Crippen LogP contribution < -0.4 is 0 Å². The highest BCUT2D eigenvalue weighted by molar-refractivity contribution is 5.97. The maximum atomic E-state index is 13.4. The van der Waals surface area contributed by atoms with E-state index in [0.29, 0.717) is 30.0 Å². The molecule has 0 saturated heterocycles. The lowest BCUT2D eigenvalue weighted by Gasteiger charge is -2.59. The van der Waals surface area contributed by atoms with Crippen molar-refractivity contribution in [3.05, 3.63) is 11.6 Å². The van der Waals surface area contributed by atoms with E-state index in [0.717, 1.165) is 44.1 Å². The van der Waals surface area contributed by atoms with Crippen molar-refractivity contribution in [1.29, 1.82) is 0 Å². The van der Waals surface area contributed by atoms with E-state index < -0.39 is 0 Å². The first-order chi connectivity index (χ1) is 12.7. The summed E-state index contributed by atoms with van der Waals surface area (Å²) in [6, 6.07) is 0. The van der Waals surface area contributed by atoms with Gasteiger partial charge in [-0.05, 0) is 74.2 Å². The van der Waals surface area contributed by atoms with Crippen LogP contribution in [0.15, 0.2) is 11.6 Å². The second-order valence-corrected chi connectivity index (χ2v) is 10.0. The minimum atomic E-state index is -0.262. The molecule has 7 atom stereocenters. The SMILES string of the molecule is CC(=O)O[C@@H]1CC[C@@]2(C)[C@@H](CC[C@H]3[C@H]2C(=O)C[C@]2(C)C(C(C)=O)=CC[C@@H]32)C1. The minimum Gasteiger partial charge on any atom is -0.463 e. The van der Waals surface area contributed by atoms with E-state index in [9.17, 15) is 14.4 Å². The summed E-state index contributed by atoms with van der Waals surface area (Å²) >= 11 is 0. The Bertz CT molecular complexity index is 722. The molecule has 0 aromatic rings. The van der Waals surface area contributed by atoms with Crippen molar-refractivity contribution in [2.75, 3.05) is 0 Å². The molecule has 0 amide bonds. The maximum absolute atomic E-state index is 13.4. The van der Waals surface area contributed by atoms with Crippen LogP contribution in [0.5, 0.6) is 0 Å². The lowest BCUT2D eigenvalue weighted by Crippen LogP contribution is -2.57. The van der Waals surface area contributed by atoms with Crippen molar-refractivity contribution in [1.82, 2.24) is 0 Å². The van der Waals surface area contributed by atoms with E-state index >= 15 is 0 Å². The van der Waals surface area contributed by atoms with Crippen LogP contribution in [-0.4, -0.2) is 23.6 Å². The Labute approximate surface area is 162 Å². The molecule has 4 heteroatoms. The second kappa shape index (κ2) is 6.28. The molecule has 0 spiro atoms. The normalized spacial score (nSPS) is 46.0. The van der Waals surface area contributed by atoms with Crippen LogP contribution in [0.3, 0.4) is 0 Å². The molecule has 27 heavy (non-hydrogen) atoms. The molecule has 0 bridgehead atoms. The number of Topliss-reactive ketones (excluding diaryl/α,β-unsaturated/α-hetero) is 2. The number of hydrogen-bond acceptors (Lipinski definition) is 4. The van der Waals surface area contributed by atoms with Crippen molar-refractivity contribution in [3.8, 4) is 0 Å². The van der Waals surface area contributed by atoms with Crippen molar-refractivity contribution in [2.45, 2.75) is 78.7 Å². The molecule has 0 radical (unpaired) electrons. The monoisotopic (exact) mass is 372 g/mol. The van der Waals surface area contributed by atoms with Crippen molar-refractivity contribution in [2.24, 2.45) is 34.5 Å². The predicted octanol–water partition coefficient (Wildman–Crippen LogP) is 4.27. The molecule has 0 heterocycles. The Balaban J connectivity index is 1.60. The molecular formula is C23H32O4. The molecule has 0 aromatic heterocycles. The zero-order valence-electron chi connectivity index (χ0n) is 17.0. The van der Waals surface area contributed by atoms with Gasteiger partial charge >= 0.3 is 5.97 Å². The van der Waals surface area contributed by atoms with Crippen LogP contribution in [0.1, 0.15) is 72.6 Å². The van der Waals surface area contributed by atoms with Crippen LogP contribution in [0.4, 0.5) is 0 Å². The zero-order valence-corrected chi connectivity index (χ0v) is 17.0. The number of fused-ring (bicyclic) bond motifs is 5. The van der Waals surface area contributed by atoms with Gasteiger partial charge in [-0.3, -0.25) is 14.4 Å². The van der Waals surface area contributed by atoms with Gasteiger partial charge in [-0.1, -0.05) is 19.9 Å². The molecule has 0 aromatic carbocycles. The number of carbonyl (C=O) groups is 3. The van der Waals surface area contributed by atoms with Gasteiger partial charge in [0, 0.05) is 24.7 Å². The summed E-state index contributed by atoms with van der Waals surface area (Å²) in [6.45, 7) is 7.59. The van der Waals surface area contributed by atoms with E-state index in [1.807, 2.05) is 0 Å². The molecule has 4 aliphatic rings. The minimum absolute atomic E-state index is 0.0109. The van der Waals surface area contributed by atoms with Gasteiger partial charge in [-0.15, -0.1) is 0 Å². The molecule has 4 aliphatic carbocycles. The molecule has 3 saturated carbocycles. The van der Waals surface area contributed by atoms with Crippen molar-refractivity contribution in [3.63, 3.8) is 0 Å². The summed E-state index contributed by atoms with van der Waals surface area (Å²) in [5.41, 5.74) is 0.643. The number of allylic oxidation sites excluding steroid dienone is 2. The first-order valence-electron chi connectivity index (χ1n) is 10.6. The van der Waals surface area contributed by atoms with Crippen LogP contribution in [0, 0.1) is 34.5 Å². The maximum Gasteiger partial charge on any atom is 0.302 e. The molecule has 0 unspecified atom stereocenters. The first kappa shape index (κ1) is 18.9. The van der Waals surface area contributed by atoms with Gasteiger partial charge in [0.25, 0.3) is 0 Å². The van der Waals surface area contributed by atoms with Gasteiger partial charge in [0.2, 0.25) is 0 Å². The average Bonchev–Trinajstić information content (AvgIpc) is 2.91. The van der Waals surface area contributed by atoms with Gasteiger partial charge in [0.05, 0.1) is 0 Å². The highest BCUT2D eigenvalue weighted by atomic mass is 16.5. The molecule has 0 N–H and O–H groups in total. The Morgan fingerprint density at radius 2 is 1.89 bits per heavy atom. The number of esters is 1. The fourth-order valence-corrected chi connectivity index (χ4v) is 7.50. The molecule has 4 rings (SSSR count). The fraction of sp³-hybridized carbons (Fsp3) is 0.783. The van der Waals surface area contributed by atoms with E-state index in [4.69, 9.17) is 4.74 Å². The Morgan fingerprint density at radius 3 is 2.56 bits per heavy atom. The van der Waals surface area contributed by atoms with E-state index in [2.05, 4.69) is 19.9 Å². The second-order valence-electron chi connectivity index (χ2n) is 10.0. The summed E-state index contributed by atoms with van der Waals surface area (Å²) < 4.78 is 5.50. The van der Waals surface area contributed by atoms with E-state index in [1.54, 1.807) is 6.92 Å². The molecular weight excluding hydrogens is 340 g/mol. The smallest absolute Gasteiger partial charge is 0.302 e. The van der Waals surface area contributed by atoms with E-state index in [1.165, 1.54) is 6.92 Å². The quantitative estimate of drug-likeness (QED) is 0.679. The summed E-state index contributed by atoms with van der Waals surface area (Å²) in [7, 11) is 0. The lowest BCUT2D eigenvalue weighted by molar-refractivity contribution is -0.166. The zero-order chi connectivity index (χ0) is 19.6. The molecule has 4 nitrogen and oxygen atoms in total. The molecule has 0 aliphatic heterocycles. The summed E-state index contributed by atoms with van der Waals surface area (Å²) in [5.74, 6) is 1.66. The van der Waals surface area contributed by atoms with Gasteiger partial charge in [0.15, 0.2) is 5.78 Å². The van der Waals surface area contributed by atoms with Crippen LogP contribution in [0.25, 0.3) is 0 Å².